The molecular weight excluding hydrogens is 848 g/mol. The van der Waals surface area contributed by atoms with Gasteiger partial charge in [-0.1, -0.05) is 27.8 Å². The van der Waals surface area contributed by atoms with Gasteiger partial charge >= 0.3 is 310 Å². The van der Waals surface area contributed by atoms with Crippen molar-refractivity contribution in [2.75, 3.05) is 7.05 Å². The zero-order valence-electron chi connectivity index (χ0n) is 20.8. The van der Waals surface area contributed by atoms with Gasteiger partial charge in [-0.25, -0.2) is 0 Å². The summed E-state index contributed by atoms with van der Waals surface area (Å²) in [6.45, 7) is 9.06. The van der Waals surface area contributed by atoms with Crippen LogP contribution in [-0.4, -0.2) is 162 Å². The van der Waals surface area contributed by atoms with Crippen molar-refractivity contribution in [1.29, 1.82) is 0 Å². The SMILES string of the molecule is C[N-]c1n[c-]nc2c1nc(C)n2C1CC(C)C(C)C1C.[H-].[Rb+].[Rb+].[Rb+].[Rb][Rb].[Rb][Rb]. The molecule has 0 radical (unpaired) electrons. The van der Waals surface area contributed by atoms with E-state index < -0.39 is 0 Å². The molecule has 4 unspecified atom stereocenters. The number of hydrogen-bond donors (Lipinski definition) is 0. The summed E-state index contributed by atoms with van der Waals surface area (Å²) in [6, 6.07) is 0.456. The van der Waals surface area contributed by atoms with E-state index in [2.05, 4.69) is 51.9 Å². The minimum absolute atomic E-state index is 0. The third-order valence-electron chi connectivity index (χ3n) is 5.08. The van der Waals surface area contributed by atoms with Gasteiger partial charge in [-0.2, -0.15) is 5.82 Å². The molecule has 0 spiro atoms. The second-order valence-corrected chi connectivity index (χ2v) is 6.07. The monoisotopic (exact) mass is 867 g/mol. The summed E-state index contributed by atoms with van der Waals surface area (Å²) in [5.41, 5.74) is 1.67. The van der Waals surface area contributed by atoms with E-state index in [0.717, 1.165) is 164 Å². The van der Waals surface area contributed by atoms with Crippen molar-refractivity contribution in [1.82, 2.24) is 19.5 Å². The molecule has 12 heteroatoms. The number of imidazole rings is 1. The van der Waals surface area contributed by atoms with Crippen LogP contribution in [0.3, 0.4) is 0 Å². The molecule has 0 saturated heterocycles. The first kappa shape index (κ1) is 42.5. The fraction of sp³-hybridized carbons (Fsp3) is 0.667. The zero-order chi connectivity index (χ0) is 18.4. The first-order valence-electron chi connectivity index (χ1n) is 9.27. The molecule has 5 nitrogen and oxygen atoms in total. The molecule has 2 heterocycles. The van der Waals surface area contributed by atoms with Crippen molar-refractivity contribution in [3.63, 3.8) is 0 Å². The topological polar surface area (TPSA) is 57.7 Å². The van der Waals surface area contributed by atoms with Crippen LogP contribution in [0, 0.1) is 31.0 Å². The summed E-state index contributed by atoms with van der Waals surface area (Å²) in [5.74, 6) is 3.70. The van der Waals surface area contributed by atoms with Crippen LogP contribution in [0.4, 0.5) is 5.82 Å². The van der Waals surface area contributed by atoms with Crippen molar-refractivity contribution in [3.05, 3.63) is 17.5 Å². The van der Waals surface area contributed by atoms with Gasteiger partial charge in [-0.05, 0) is 36.6 Å². The molecule has 4 atom stereocenters. The van der Waals surface area contributed by atoms with E-state index in [9.17, 15) is 0 Å². The third-order valence-corrected chi connectivity index (χ3v) is 5.08. The molecule has 27 heavy (non-hydrogen) atoms. The van der Waals surface area contributed by atoms with Crippen LogP contribution in [0.5, 0.6) is 0 Å². The van der Waals surface area contributed by atoms with Gasteiger partial charge in [0, 0.05) is 11.7 Å². The summed E-state index contributed by atoms with van der Waals surface area (Å²) in [6.07, 6.45) is 3.89. The molecule has 2 aromatic heterocycles. The number of aryl methyl sites for hydroxylation is 1. The Kier molecular flexibility index (Phi) is 38.9. The van der Waals surface area contributed by atoms with E-state index in [1.807, 2.05) is 6.92 Å². The van der Waals surface area contributed by atoms with Crippen molar-refractivity contribution in [2.45, 2.75) is 40.2 Å². The second kappa shape index (κ2) is 24.8. The van der Waals surface area contributed by atoms with Gasteiger partial charge in [0.25, 0.3) is 0 Å². The quantitative estimate of drug-likeness (QED) is 0.283. The first-order valence-corrected chi connectivity index (χ1v) is 77.3. The fourth-order valence-corrected chi connectivity index (χ4v) is 3.53. The van der Waals surface area contributed by atoms with Crippen LogP contribution in [0.15, 0.2) is 0 Å². The van der Waals surface area contributed by atoms with E-state index >= 15 is 0 Å². The molecule has 3 rings (SSSR count). The van der Waals surface area contributed by atoms with Crippen LogP contribution >= 0.6 is 0 Å². The molecule has 0 aliphatic heterocycles. The van der Waals surface area contributed by atoms with Crippen molar-refractivity contribution in [3.8, 4) is 0 Å². The van der Waals surface area contributed by atoms with Crippen molar-refractivity contribution in [2.24, 2.45) is 17.8 Å². The molecule has 1 aliphatic carbocycles. The van der Waals surface area contributed by atoms with Gasteiger partial charge in [0.2, 0.25) is 0 Å². The Morgan fingerprint density at radius 2 is 1.59 bits per heavy atom. The molecule has 1 fully saturated rings. The Labute approximate surface area is 411 Å². The van der Waals surface area contributed by atoms with E-state index in [1.54, 1.807) is 7.05 Å². The molecule has 0 bridgehead atoms. The molecular formula is C15H22N5Rb7. The van der Waals surface area contributed by atoms with E-state index in [4.69, 9.17) is 0 Å². The summed E-state index contributed by atoms with van der Waals surface area (Å²) >= 11 is 4.64. The minimum atomic E-state index is 0. The van der Waals surface area contributed by atoms with Gasteiger partial charge in [0.1, 0.15) is 0 Å². The van der Waals surface area contributed by atoms with E-state index in [-0.39, 0.29) is 176 Å². The third kappa shape index (κ3) is 13.0. The number of hydrogen-bond acceptors (Lipinski definition) is 3. The maximum atomic E-state index is 4.64. The Bertz CT molecular complexity index is 661. The van der Waals surface area contributed by atoms with Crippen LogP contribution in [0.2, 0.25) is 0 Å². The van der Waals surface area contributed by atoms with E-state index in [1.165, 1.54) is 6.42 Å². The van der Waals surface area contributed by atoms with Gasteiger partial charge in [0.15, 0.2) is 0 Å². The Hall–Kier alpha value is 11.0. The van der Waals surface area contributed by atoms with Gasteiger partial charge in [-0.3, -0.25) is 4.98 Å². The molecule has 1 saturated carbocycles. The van der Waals surface area contributed by atoms with Crippen LogP contribution in [0.25, 0.3) is 16.5 Å². The number of aromatic nitrogens is 4. The van der Waals surface area contributed by atoms with Crippen molar-refractivity contribution >= 4 is 152 Å². The van der Waals surface area contributed by atoms with Crippen LogP contribution in [0.1, 0.15) is 40.5 Å². The van der Waals surface area contributed by atoms with Crippen molar-refractivity contribution < 1.29 is 176 Å². The average Bonchev–Trinajstić information content (AvgIpc) is 3.08. The Balaban J connectivity index is -0.000000339. The fourth-order valence-electron chi connectivity index (χ4n) is 3.53. The van der Waals surface area contributed by atoms with Gasteiger partial charge < -0.3 is 21.3 Å². The van der Waals surface area contributed by atoms with Crippen LogP contribution in [-0.2, 0) is 0 Å². The Morgan fingerprint density at radius 1 is 1.04 bits per heavy atom. The maximum absolute atomic E-state index is 4.64. The summed E-state index contributed by atoms with van der Waals surface area (Å²) < 4.78 is 2.27. The normalized spacial score (nSPS) is 22.9. The van der Waals surface area contributed by atoms with Gasteiger partial charge in [-0.15, -0.1) is 6.33 Å². The summed E-state index contributed by atoms with van der Waals surface area (Å²) in [5, 5.41) is 4.17. The molecule has 0 amide bonds. The second-order valence-electron chi connectivity index (χ2n) is 6.07. The van der Waals surface area contributed by atoms with Gasteiger partial charge in [0.05, 0.1) is 5.82 Å². The molecule has 0 aromatic carbocycles. The number of nitrogens with zero attached hydrogens (tertiary/aromatic N) is 5. The predicted molar refractivity (Wildman–Crippen MR) is 103 cm³/mol. The number of rotatable bonds is 2. The zero-order valence-corrected chi connectivity index (χ0v) is 54.2. The van der Waals surface area contributed by atoms with E-state index in [0.29, 0.717) is 17.8 Å². The predicted octanol–water partition coefficient (Wildman–Crippen LogP) is -6.98. The summed E-state index contributed by atoms with van der Waals surface area (Å²) in [7, 11) is 1.73. The molecule has 0 N–H and O–H groups in total. The van der Waals surface area contributed by atoms with Crippen LogP contribution < -0.4 is 175 Å². The first-order chi connectivity index (χ1) is 11.5. The molecule has 2 aromatic rings. The summed E-state index contributed by atoms with van der Waals surface area (Å²) in [4.78, 5) is 13.1. The molecule has 114 valence electrons. The molecule has 1 aliphatic rings. The Morgan fingerprint density at radius 3 is 2.04 bits per heavy atom. The average molecular weight is 871 g/mol. The number of fused-ring (bicyclic) bond motifs is 1. The standard InChI is InChI=1S/C15H21N5.7Rb.H/c1-8-6-12(10(3)9(8)2)20-11(4)19-13-14(16-5)17-7-18-15(13)20;;;;;;;;/h8-10,12H,6H2,1-5H3;;;;;;;;/q-2;;;;;3*+1;-1.